The Balaban J connectivity index is 0.00000276. The van der Waals surface area contributed by atoms with Crippen molar-refractivity contribution in [2.24, 2.45) is 46.3 Å². The van der Waals surface area contributed by atoms with Gasteiger partial charge in [0.2, 0.25) is 5.91 Å². The lowest BCUT2D eigenvalue weighted by Crippen LogP contribution is -2.51. The molecule has 260 valence electrons. The molecule has 8 heteroatoms. The van der Waals surface area contributed by atoms with Crippen molar-refractivity contribution in [3.8, 4) is 0 Å². The number of allylic oxidation sites excluding steroid dienone is 1. The number of carbonyl (C=O) groups is 2. The van der Waals surface area contributed by atoms with Crippen LogP contribution in [-0.4, -0.2) is 62.1 Å². The van der Waals surface area contributed by atoms with Crippen molar-refractivity contribution in [3.63, 3.8) is 0 Å². The highest BCUT2D eigenvalue weighted by atomic mass is 35.5. The third-order valence-corrected chi connectivity index (χ3v) is 13.0. The van der Waals surface area contributed by atoms with E-state index in [0.29, 0.717) is 18.5 Å². The van der Waals surface area contributed by atoms with E-state index >= 15 is 0 Å². The van der Waals surface area contributed by atoms with E-state index in [1.165, 1.54) is 51.4 Å². The molecule has 1 amide bonds. The molecule has 0 bridgehead atoms. The molecule has 6 nitrogen and oxygen atoms in total. The summed E-state index contributed by atoms with van der Waals surface area (Å²) < 4.78 is 6.02. The molecule has 8 atom stereocenters. The minimum Gasteiger partial charge on any atom is -0.462 e. The lowest BCUT2D eigenvalue weighted by Gasteiger charge is -2.58. The van der Waals surface area contributed by atoms with Crippen molar-refractivity contribution in [3.05, 3.63) is 11.6 Å². The van der Waals surface area contributed by atoms with Gasteiger partial charge in [0.25, 0.3) is 0 Å². The average Bonchev–Trinajstić information content (AvgIpc) is 3.39. The first-order valence-corrected chi connectivity index (χ1v) is 18.2. The van der Waals surface area contributed by atoms with Crippen molar-refractivity contribution in [2.75, 3.05) is 39.3 Å². The Morgan fingerprint density at radius 2 is 1.62 bits per heavy atom. The van der Waals surface area contributed by atoms with Gasteiger partial charge in [-0.15, -0.1) is 24.8 Å². The molecule has 1 unspecified atom stereocenters. The summed E-state index contributed by atoms with van der Waals surface area (Å²) in [5.74, 6) is 4.89. The largest absolute Gasteiger partial charge is 0.462 e. The topological polar surface area (TPSA) is 70.7 Å². The molecule has 5 rings (SSSR count). The van der Waals surface area contributed by atoms with Crippen molar-refractivity contribution < 1.29 is 14.3 Å². The van der Waals surface area contributed by atoms with Gasteiger partial charge in [0.1, 0.15) is 6.10 Å². The van der Waals surface area contributed by atoms with Crippen LogP contribution >= 0.6 is 24.8 Å². The van der Waals surface area contributed by atoms with Crippen LogP contribution in [0.1, 0.15) is 118 Å². The molecule has 1 heterocycles. The standard InChI is InChI=1S/C37H63N3O3.2ClH/c1-26(2)7-6-8-27(3)31-11-12-32-30-10-9-28-25-29(15-17-36(28,4)33(30)16-18-37(31,32)5)43-35(42)14-13-34(41)40-23-21-38-19-20-39-22-24-40;;/h9,26-27,29-33,38-39H,6-8,10-25H2,1-5H3;2*1H/t27?,29-,30-,31+,32-,33-,36-,37+;;/m0../s1. The van der Waals surface area contributed by atoms with Gasteiger partial charge in [-0.3, -0.25) is 9.59 Å². The Kier molecular flexibility index (Phi) is 14.6. The number of carbonyl (C=O) groups excluding carboxylic acids is 2. The number of rotatable bonds is 9. The van der Waals surface area contributed by atoms with E-state index in [1.807, 2.05) is 4.90 Å². The number of ether oxygens (including phenoxy) is 1. The van der Waals surface area contributed by atoms with Crippen molar-refractivity contribution in [1.82, 2.24) is 15.5 Å². The molecule has 4 fully saturated rings. The van der Waals surface area contributed by atoms with Crippen LogP contribution < -0.4 is 10.6 Å². The quantitative estimate of drug-likeness (QED) is 0.196. The second-order valence-electron chi connectivity index (χ2n) is 16.0. The van der Waals surface area contributed by atoms with Gasteiger partial charge in [0.15, 0.2) is 0 Å². The van der Waals surface area contributed by atoms with Crippen LogP contribution in [0.25, 0.3) is 0 Å². The van der Waals surface area contributed by atoms with Crippen molar-refractivity contribution in [2.45, 2.75) is 124 Å². The summed E-state index contributed by atoms with van der Waals surface area (Å²) in [6.45, 7) is 17.4. The second kappa shape index (κ2) is 17.0. The van der Waals surface area contributed by atoms with Crippen LogP contribution in [0.3, 0.4) is 0 Å². The van der Waals surface area contributed by atoms with Gasteiger partial charge in [0.05, 0.1) is 6.42 Å². The third kappa shape index (κ3) is 8.81. The number of fused-ring (bicyclic) bond motifs is 5. The minimum absolute atomic E-state index is 0. The first kappa shape index (κ1) is 38.6. The smallest absolute Gasteiger partial charge is 0.306 e. The normalized spacial score (nSPS) is 35.6. The molecule has 0 spiro atoms. The number of nitrogens with zero attached hydrogens (tertiary/aromatic N) is 1. The highest BCUT2D eigenvalue weighted by Gasteiger charge is 2.59. The summed E-state index contributed by atoms with van der Waals surface area (Å²) in [5, 5.41) is 6.70. The molecule has 45 heavy (non-hydrogen) atoms. The molecule has 4 aliphatic carbocycles. The van der Waals surface area contributed by atoms with Crippen LogP contribution in [0, 0.1) is 46.3 Å². The van der Waals surface area contributed by atoms with Gasteiger partial charge < -0.3 is 20.3 Å². The Morgan fingerprint density at radius 1 is 0.911 bits per heavy atom. The van der Waals surface area contributed by atoms with E-state index in [0.717, 1.165) is 80.9 Å². The molecular formula is C37H65Cl2N3O3. The zero-order valence-corrected chi connectivity index (χ0v) is 30.7. The van der Waals surface area contributed by atoms with Gasteiger partial charge in [-0.2, -0.15) is 0 Å². The van der Waals surface area contributed by atoms with Crippen LogP contribution in [0.2, 0.25) is 0 Å². The van der Waals surface area contributed by atoms with E-state index in [2.05, 4.69) is 51.3 Å². The molecule has 5 aliphatic rings. The number of hydrogen-bond acceptors (Lipinski definition) is 5. The number of amides is 1. The Morgan fingerprint density at radius 3 is 2.31 bits per heavy atom. The van der Waals surface area contributed by atoms with E-state index in [9.17, 15) is 9.59 Å². The summed E-state index contributed by atoms with van der Waals surface area (Å²) in [7, 11) is 0. The zero-order chi connectivity index (χ0) is 30.6. The molecule has 1 aliphatic heterocycles. The fraction of sp³-hybridized carbons (Fsp3) is 0.892. The maximum atomic E-state index is 12.9. The molecule has 1 saturated heterocycles. The molecule has 0 aromatic carbocycles. The van der Waals surface area contributed by atoms with E-state index in [-0.39, 0.29) is 61.1 Å². The van der Waals surface area contributed by atoms with Crippen LogP contribution in [0.5, 0.6) is 0 Å². The lowest BCUT2D eigenvalue weighted by molar-refractivity contribution is -0.153. The number of hydrogen-bond donors (Lipinski definition) is 2. The number of halogens is 2. The summed E-state index contributed by atoms with van der Waals surface area (Å²) in [5.41, 5.74) is 2.34. The molecule has 0 radical (unpaired) electrons. The summed E-state index contributed by atoms with van der Waals surface area (Å²) in [4.78, 5) is 27.5. The molecule has 0 aromatic rings. The fourth-order valence-electron chi connectivity index (χ4n) is 10.6. The Bertz CT molecular complexity index is 997. The first-order chi connectivity index (χ1) is 20.6. The van der Waals surface area contributed by atoms with Crippen LogP contribution in [0.4, 0.5) is 0 Å². The molecule has 2 N–H and O–H groups in total. The SMILES string of the molecule is CC(C)CCCC(C)[C@H]1CC[C@H]2[C@@H]3CC=C4C[C@@H](OC(=O)CCC(=O)N5CCNCCNCC5)CC[C@]4(C)[C@H]3CC[C@]12C.Cl.Cl. The van der Waals surface area contributed by atoms with Gasteiger partial charge in [0, 0.05) is 52.1 Å². The lowest BCUT2D eigenvalue weighted by atomic mass is 9.47. The first-order valence-electron chi connectivity index (χ1n) is 18.2. The predicted molar refractivity (Wildman–Crippen MR) is 189 cm³/mol. The highest BCUT2D eigenvalue weighted by Crippen LogP contribution is 2.67. The molecule has 0 aromatic heterocycles. The zero-order valence-electron chi connectivity index (χ0n) is 29.0. The Hall–Kier alpha value is -0.820. The Labute approximate surface area is 287 Å². The van der Waals surface area contributed by atoms with Crippen molar-refractivity contribution >= 4 is 36.7 Å². The minimum atomic E-state index is -0.204. The maximum Gasteiger partial charge on any atom is 0.306 e. The predicted octanol–water partition coefficient (Wildman–Crippen LogP) is 7.58. The van der Waals surface area contributed by atoms with Crippen LogP contribution in [0.15, 0.2) is 11.6 Å². The average molecular weight is 671 g/mol. The number of esters is 1. The number of nitrogens with one attached hydrogen (secondary N) is 2. The van der Waals surface area contributed by atoms with Gasteiger partial charge in [-0.05, 0) is 91.3 Å². The van der Waals surface area contributed by atoms with Gasteiger partial charge in [-0.1, -0.05) is 65.5 Å². The van der Waals surface area contributed by atoms with E-state index < -0.39 is 0 Å². The molecule has 3 saturated carbocycles. The van der Waals surface area contributed by atoms with Gasteiger partial charge in [-0.25, -0.2) is 0 Å². The summed E-state index contributed by atoms with van der Waals surface area (Å²) >= 11 is 0. The summed E-state index contributed by atoms with van der Waals surface area (Å²) in [6, 6.07) is 0. The summed E-state index contributed by atoms with van der Waals surface area (Å²) in [6.07, 6.45) is 17.0. The maximum absolute atomic E-state index is 12.9. The second-order valence-corrected chi connectivity index (χ2v) is 16.0. The monoisotopic (exact) mass is 669 g/mol. The third-order valence-electron chi connectivity index (χ3n) is 13.0. The van der Waals surface area contributed by atoms with E-state index in [4.69, 9.17) is 4.74 Å². The molecular weight excluding hydrogens is 605 g/mol. The van der Waals surface area contributed by atoms with Crippen molar-refractivity contribution in [1.29, 1.82) is 0 Å². The fourth-order valence-corrected chi connectivity index (χ4v) is 10.6. The highest BCUT2D eigenvalue weighted by molar-refractivity contribution is 5.85. The van der Waals surface area contributed by atoms with Gasteiger partial charge >= 0.3 is 5.97 Å². The van der Waals surface area contributed by atoms with Crippen LogP contribution in [-0.2, 0) is 14.3 Å². The van der Waals surface area contributed by atoms with E-state index in [1.54, 1.807) is 5.57 Å².